The van der Waals surface area contributed by atoms with Crippen LogP contribution >= 0.6 is 11.6 Å². The molecular formula is C12H15ClF3NO3S. The summed E-state index contributed by atoms with van der Waals surface area (Å²) < 4.78 is 69.0. The van der Waals surface area contributed by atoms with E-state index in [0.717, 1.165) is 4.31 Å². The number of sulfonamides is 1. The number of piperidine rings is 1. The lowest BCUT2D eigenvalue weighted by atomic mass is 9.98. The largest absolute Gasteiger partial charge is 0.464 e. The summed E-state index contributed by atoms with van der Waals surface area (Å²) in [6.45, 7) is 1.20. The van der Waals surface area contributed by atoms with Crippen molar-refractivity contribution in [3.05, 3.63) is 17.6 Å². The van der Waals surface area contributed by atoms with E-state index < -0.39 is 22.1 Å². The van der Waals surface area contributed by atoms with Gasteiger partial charge in [-0.05, 0) is 19.8 Å². The van der Waals surface area contributed by atoms with E-state index in [1.165, 1.54) is 13.0 Å². The summed E-state index contributed by atoms with van der Waals surface area (Å²) in [6, 6.07) is 1.33. The van der Waals surface area contributed by atoms with Crippen LogP contribution in [-0.4, -0.2) is 32.0 Å². The first-order chi connectivity index (χ1) is 9.66. The Balaban J connectivity index is 2.17. The number of hydrogen-bond donors (Lipinski definition) is 0. The van der Waals surface area contributed by atoms with Crippen molar-refractivity contribution in [1.29, 1.82) is 0 Å². The Morgan fingerprint density at radius 3 is 2.38 bits per heavy atom. The third-order valence-corrected chi connectivity index (χ3v) is 5.86. The van der Waals surface area contributed by atoms with E-state index in [9.17, 15) is 21.6 Å². The van der Waals surface area contributed by atoms with Crippen LogP contribution in [-0.2, 0) is 15.9 Å². The molecule has 1 fully saturated rings. The van der Waals surface area contributed by atoms with Crippen LogP contribution in [0.5, 0.6) is 0 Å². The molecule has 2 heterocycles. The van der Waals surface area contributed by atoms with Crippen molar-refractivity contribution >= 4 is 21.6 Å². The Bertz CT molecular complexity index is 604. The van der Waals surface area contributed by atoms with Gasteiger partial charge in [0, 0.05) is 19.2 Å². The minimum atomic E-state index is -4.27. The number of hydrogen-bond acceptors (Lipinski definition) is 3. The van der Waals surface area contributed by atoms with Gasteiger partial charge in [0.25, 0.3) is 0 Å². The van der Waals surface area contributed by atoms with Crippen molar-refractivity contribution < 1.29 is 26.0 Å². The van der Waals surface area contributed by atoms with E-state index in [1.54, 1.807) is 0 Å². The molecule has 21 heavy (non-hydrogen) atoms. The molecule has 2 rings (SSSR count). The molecule has 0 aliphatic carbocycles. The molecule has 1 aromatic heterocycles. The Morgan fingerprint density at radius 1 is 1.38 bits per heavy atom. The van der Waals surface area contributed by atoms with E-state index in [1.807, 2.05) is 0 Å². The number of rotatable bonds is 3. The van der Waals surface area contributed by atoms with Gasteiger partial charge in [0.2, 0.25) is 10.0 Å². The average Bonchev–Trinajstić information content (AvgIpc) is 2.80. The number of alkyl halides is 4. The first kappa shape index (κ1) is 16.6. The molecule has 0 atom stereocenters. The Kier molecular flexibility index (Phi) is 4.60. The minimum absolute atomic E-state index is 0.0244. The quantitative estimate of drug-likeness (QED) is 0.790. The summed E-state index contributed by atoms with van der Waals surface area (Å²) in [4.78, 5) is -0.0244. The summed E-state index contributed by atoms with van der Waals surface area (Å²) >= 11 is 5.59. The molecule has 0 saturated carbocycles. The van der Waals surface area contributed by atoms with Gasteiger partial charge in [-0.1, -0.05) is 0 Å². The standard InChI is InChI=1S/C12H15ClF3NO3S/c1-8-11(6-10(7-13)20-8)21(18,19)17-4-2-9(3-5-17)12(14,15)16/h6,9H,2-5,7H2,1H3. The molecule has 1 aromatic rings. The molecule has 0 bridgehead atoms. The van der Waals surface area contributed by atoms with Crippen molar-refractivity contribution in [1.82, 2.24) is 4.31 Å². The highest BCUT2D eigenvalue weighted by atomic mass is 35.5. The van der Waals surface area contributed by atoms with Crippen molar-refractivity contribution in [3.63, 3.8) is 0 Å². The molecule has 0 radical (unpaired) electrons. The molecule has 9 heteroatoms. The molecule has 0 amide bonds. The molecule has 120 valence electrons. The first-order valence-electron chi connectivity index (χ1n) is 6.38. The molecule has 1 aliphatic heterocycles. The van der Waals surface area contributed by atoms with Gasteiger partial charge < -0.3 is 4.42 Å². The zero-order chi connectivity index (χ0) is 15.8. The van der Waals surface area contributed by atoms with Crippen LogP contribution in [0.3, 0.4) is 0 Å². The van der Waals surface area contributed by atoms with Gasteiger partial charge in [0.15, 0.2) is 0 Å². The lowest BCUT2D eigenvalue weighted by Crippen LogP contribution is -2.42. The van der Waals surface area contributed by atoms with Crippen LogP contribution in [0.2, 0.25) is 0 Å². The third-order valence-electron chi connectivity index (χ3n) is 3.59. The molecule has 1 aliphatic rings. The zero-order valence-corrected chi connectivity index (χ0v) is 12.9. The van der Waals surface area contributed by atoms with Crippen LogP contribution < -0.4 is 0 Å². The molecule has 4 nitrogen and oxygen atoms in total. The number of aryl methyl sites for hydroxylation is 1. The fourth-order valence-corrected chi connectivity index (χ4v) is 4.20. The van der Waals surface area contributed by atoms with Gasteiger partial charge in [-0.15, -0.1) is 11.6 Å². The Hall–Kier alpha value is -0.730. The lowest BCUT2D eigenvalue weighted by molar-refractivity contribution is -0.182. The molecule has 0 aromatic carbocycles. The average molecular weight is 346 g/mol. The summed E-state index contributed by atoms with van der Waals surface area (Å²) in [5.74, 6) is -0.888. The Morgan fingerprint density at radius 2 is 1.95 bits per heavy atom. The summed E-state index contributed by atoms with van der Waals surface area (Å²) in [6.07, 6.45) is -4.71. The van der Waals surface area contributed by atoms with Gasteiger partial charge in [-0.25, -0.2) is 8.42 Å². The van der Waals surface area contributed by atoms with Gasteiger partial charge in [-0.2, -0.15) is 17.5 Å². The highest BCUT2D eigenvalue weighted by molar-refractivity contribution is 7.89. The van der Waals surface area contributed by atoms with Crippen LogP contribution in [0.4, 0.5) is 13.2 Å². The van der Waals surface area contributed by atoms with E-state index in [0.29, 0.717) is 5.76 Å². The highest BCUT2D eigenvalue weighted by Gasteiger charge is 2.43. The van der Waals surface area contributed by atoms with Gasteiger partial charge >= 0.3 is 6.18 Å². The highest BCUT2D eigenvalue weighted by Crippen LogP contribution is 2.36. The second kappa shape index (κ2) is 5.81. The zero-order valence-electron chi connectivity index (χ0n) is 11.3. The second-order valence-corrected chi connectivity index (χ2v) is 7.16. The molecule has 1 saturated heterocycles. The molecule has 0 N–H and O–H groups in total. The first-order valence-corrected chi connectivity index (χ1v) is 8.36. The maximum Gasteiger partial charge on any atom is 0.391 e. The molecule has 0 spiro atoms. The van der Waals surface area contributed by atoms with Gasteiger partial charge in [0.05, 0.1) is 11.8 Å². The number of halogens is 4. The van der Waals surface area contributed by atoms with E-state index in [4.69, 9.17) is 16.0 Å². The van der Waals surface area contributed by atoms with Crippen LogP contribution in [0, 0.1) is 12.8 Å². The fraction of sp³-hybridized carbons (Fsp3) is 0.667. The van der Waals surface area contributed by atoms with Crippen molar-refractivity contribution in [3.8, 4) is 0 Å². The fourth-order valence-electron chi connectivity index (χ4n) is 2.41. The monoisotopic (exact) mass is 345 g/mol. The van der Waals surface area contributed by atoms with Gasteiger partial charge in [-0.3, -0.25) is 0 Å². The van der Waals surface area contributed by atoms with Crippen molar-refractivity contribution in [2.45, 2.75) is 36.7 Å². The van der Waals surface area contributed by atoms with Crippen LogP contribution in [0.15, 0.2) is 15.4 Å². The summed E-state index contributed by atoms with van der Waals surface area (Å²) in [5, 5.41) is 0. The van der Waals surface area contributed by atoms with Gasteiger partial charge in [0.1, 0.15) is 16.4 Å². The van der Waals surface area contributed by atoms with Crippen LogP contribution in [0.1, 0.15) is 24.4 Å². The Labute approximate surface area is 125 Å². The summed E-state index contributed by atoms with van der Waals surface area (Å²) in [5.41, 5.74) is 0. The number of nitrogens with zero attached hydrogens (tertiary/aromatic N) is 1. The maximum absolute atomic E-state index is 12.6. The van der Waals surface area contributed by atoms with E-state index >= 15 is 0 Å². The molecular weight excluding hydrogens is 331 g/mol. The summed E-state index contributed by atoms with van der Waals surface area (Å²) in [7, 11) is -3.84. The minimum Gasteiger partial charge on any atom is -0.464 e. The predicted octanol–water partition coefficient (Wildman–Crippen LogP) is 3.29. The maximum atomic E-state index is 12.6. The SMILES string of the molecule is Cc1oc(CCl)cc1S(=O)(=O)N1CCC(C(F)(F)F)CC1. The number of furan rings is 1. The second-order valence-electron chi connectivity index (χ2n) is 4.99. The van der Waals surface area contributed by atoms with Crippen LogP contribution in [0.25, 0.3) is 0 Å². The normalized spacial score (nSPS) is 19.1. The van der Waals surface area contributed by atoms with E-state index in [2.05, 4.69) is 0 Å². The predicted molar refractivity (Wildman–Crippen MR) is 70.5 cm³/mol. The van der Waals surface area contributed by atoms with Crippen molar-refractivity contribution in [2.75, 3.05) is 13.1 Å². The van der Waals surface area contributed by atoms with E-state index in [-0.39, 0.29) is 42.5 Å². The third kappa shape index (κ3) is 3.37. The lowest BCUT2D eigenvalue weighted by Gasteiger charge is -2.31. The topological polar surface area (TPSA) is 50.5 Å². The van der Waals surface area contributed by atoms with Crippen molar-refractivity contribution in [2.24, 2.45) is 5.92 Å². The smallest absolute Gasteiger partial charge is 0.391 e. The molecule has 0 unspecified atom stereocenters.